The summed E-state index contributed by atoms with van der Waals surface area (Å²) in [6, 6.07) is 6.27. The first-order chi connectivity index (χ1) is 12.6. The van der Waals surface area contributed by atoms with Crippen LogP contribution in [0.1, 0.15) is 31.4 Å². The van der Waals surface area contributed by atoms with Gasteiger partial charge < -0.3 is 19.7 Å². The Labute approximate surface area is 154 Å². The number of carbonyl (C=O) groups is 1. The number of piperidine rings is 1. The highest BCUT2D eigenvalue weighted by Crippen LogP contribution is 2.19. The second-order valence-corrected chi connectivity index (χ2v) is 6.24. The minimum absolute atomic E-state index is 0.127. The van der Waals surface area contributed by atoms with Crippen LogP contribution in [-0.4, -0.2) is 57.2 Å². The molecule has 2 unspecified atom stereocenters. The molecule has 1 aliphatic heterocycles. The molecule has 1 N–H and O–H groups in total. The molecular weight excluding hydrogens is 337 g/mol. The summed E-state index contributed by atoms with van der Waals surface area (Å²) in [6.07, 6.45) is 1.52. The van der Waals surface area contributed by atoms with Crippen LogP contribution in [0.2, 0.25) is 0 Å². The summed E-state index contributed by atoms with van der Waals surface area (Å²) in [5.74, 6) is 0.181. The van der Waals surface area contributed by atoms with Gasteiger partial charge in [-0.3, -0.25) is 9.79 Å². The number of guanidine groups is 1. The van der Waals surface area contributed by atoms with Crippen LogP contribution in [0.4, 0.5) is 4.39 Å². The number of rotatable bonds is 6. The number of ether oxygens (including phenoxy) is 2. The molecule has 1 heterocycles. The maximum atomic E-state index is 13.1. The zero-order chi connectivity index (χ0) is 18.9. The maximum absolute atomic E-state index is 13.1. The van der Waals surface area contributed by atoms with Gasteiger partial charge in [-0.15, -0.1) is 0 Å². The van der Waals surface area contributed by atoms with Gasteiger partial charge in [0, 0.05) is 33.8 Å². The molecule has 26 heavy (non-hydrogen) atoms. The third-order valence-corrected chi connectivity index (χ3v) is 4.52. The van der Waals surface area contributed by atoms with E-state index in [0.29, 0.717) is 19.7 Å². The number of aliphatic imine (C=N–C) groups is 1. The third-order valence-electron chi connectivity index (χ3n) is 4.52. The Bertz CT molecular complexity index is 607. The van der Waals surface area contributed by atoms with E-state index in [1.807, 2.05) is 6.92 Å². The fourth-order valence-electron chi connectivity index (χ4n) is 3.15. The maximum Gasteiger partial charge on any atom is 0.310 e. The quantitative estimate of drug-likeness (QED) is 0.476. The molecule has 1 saturated heterocycles. The number of nitrogens with one attached hydrogen (secondary N) is 1. The summed E-state index contributed by atoms with van der Waals surface area (Å²) in [5, 5.41) is 3.30. The Morgan fingerprint density at radius 1 is 1.42 bits per heavy atom. The molecule has 1 aliphatic rings. The van der Waals surface area contributed by atoms with E-state index < -0.39 is 0 Å². The van der Waals surface area contributed by atoms with Crippen molar-refractivity contribution in [2.75, 3.05) is 40.4 Å². The minimum atomic E-state index is -0.273. The normalized spacial score (nSPS) is 19.2. The molecule has 1 aromatic rings. The first-order valence-corrected chi connectivity index (χ1v) is 8.99. The molecule has 2 rings (SSSR count). The van der Waals surface area contributed by atoms with Crippen molar-refractivity contribution in [1.82, 2.24) is 10.2 Å². The average Bonchev–Trinajstić information content (AvgIpc) is 2.67. The molecular formula is C19H28FN3O3. The largest absolute Gasteiger partial charge is 0.466 e. The monoisotopic (exact) mass is 365 g/mol. The van der Waals surface area contributed by atoms with Gasteiger partial charge in [0.15, 0.2) is 5.96 Å². The molecule has 0 aromatic heterocycles. The molecule has 2 atom stereocenters. The standard InChI is InChI=1S/C19H28FN3O3/c1-4-26-18(24)15-6-5-11-23(13-15)19(21-2)22-12-17(25-3)14-7-9-16(20)10-8-14/h7-10,15,17H,4-6,11-13H2,1-3H3,(H,21,22). The second-order valence-electron chi connectivity index (χ2n) is 6.24. The molecule has 1 fully saturated rings. The lowest BCUT2D eigenvalue weighted by atomic mass is 9.98. The minimum Gasteiger partial charge on any atom is -0.466 e. The van der Waals surface area contributed by atoms with Gasteiger partial charge >= 0.3 is 5.97 Å². The van der Waals surface area contributed by atoms with Crippen molar-refractivity contribution in [1.29, 1.82) is 0 Å². The highest BCUT2D eigenvalue weighted by atomic mass is 19.1. The summed E-state index contributed by atoms with van der Waals surface area (Å²) in [5.41, 5.74) is 0.889. The lowest BCUT2D eigenvalue weighted by molar-refractivity contribution is -0.149. The van der Waals surface area contributed by atoms with Crippen LogP contribution in [0.5, 0.6) is 0 Å². The van der Waals surface area contributed by atoms with Gasteiger partial charge in [0.1, 0.15) is 5.82 Å². The highest BCUT2D eigenvalue weighted by molar-refractivity contribution is 5.81. The lowest BCUT2D eigenvalue weighted by Gasteiger charge is -2.34. The molecule has 0 saturated carbocycles. The molecule has 0 bridgehead atoms. The predicted molar refractivity (Wildman–Crippen MR) is 98.4 cm³/mol. The zero-order valence-electron chi connectivity index (χ0n) is 15.7. The van der Waals surface area contributed by atoms with Crippen LogP contribution in [0, 0.1) is 11.7 Å². The van der Waals surface area contributed by atoms with E-state index >= 15 is 0 Å². The number of hydrogen-bond acceptors (Lipinski definition) is 4. The van der Waals surface area contributed by atoms with E-state index in [2.05, 4.69) is 15.2 Å². The highest BCUT2D eigenvalue weighted by Gasteiger charge is 2.28. The Morgan fingerprint density at radius 2 is 2.15 bits per heavy atom. The zero-order valence-corrected chi connectivity index (χ0v) is 15.7. The van der Waals surface area contributed by atoms with Gasteiger partial charge in [-0.25, -0.2) is 4.39 Å². The summed E-state index contributed by atoms with van der Waals surface area (Å²) in [7, 11) is 3.34. The summed E-state index contributed by atoms with van der Waals surface area (Å²) < 4.78 is 23.8. The number of likely N-dealkylation sites (tertiary alicyclic amines) is 1. The Hall–Kier alpha value is -2.15. The first-order valence-electron chi connectivity index (χ1n) is 8.99. The van der Waals surface area contributed by atoms with Crippen LogP contribution in [-0.2, 0) is 14.3 Å². The molecule has 0 aliphatic carbocycles. The number of methoxy groups -OCH3 is 1. The first kappa shape index (κ1) is 20.2. The SMILES string of the molecule is CCOC(=O)C1CCCN(C(=NC)NCC(OC)c2ccc(F)cc2)C1. The Kier molecular flexibility index (Phi) is 7.84. The van der Waals surface area contributed by atoms with Crippen molar-refractivity contribution in [3.63, 3.8) is 0 Å². The van der Waals surface area contributed by atoms with Crippen molar-refractivity contribution in [3.8, 4) is 0 Å². The lowest BCUT2D eigenvalue weighted by Crippen LogP contribution is -2.49. The molecule has 0 spiro atoms. The number of benzene rings is 1. The topological polar surface area (TPSA) is 63.2 Å². The molecule has 6 nitrogen and oxygen atoms in total. The Balaban J connectivity index is 1.95. The fraction of sp³-hybridized carbons (Fsp3) is 0.579. The number of esters is 1. The third kappa shape index (κ3) is 5.42. The molecule has 0 amide bonds. The van der Waals surface area contributed by atoms with E-state index in [0.717, 1.165) is 30.9 Å². The van der Waals surface area contributed by atoms with E-state index in [-0.39, 0.29) is 23.8 Å². The summed E-state index contributed by atoms with van der Waals surface area (Å²) in [4.78, 5) is 18.4. The van der Waals surface area contributed by atoms with E-state index in [1.54, 1.807) is 26.3 Å². The summed E-state index contributed by atoms with van der Waals surface area (Å²) >= 11 is 0. The van der Waals surface area contributed by atoms with Crippen LogP contribution in [0.15, 0.2) is 29.3 Å². The summed E-state index contributed by atoms with van der Waals surface area (Å²) in [6.45, 7) is 4.14. The van der Waals surface area contributed by atoms with E-state index in [9.17, 15) is 9.18 Å². The van der Waals surface area contributed by atoms with Crippen molar-refractivity contribution in [2.24, 2.45) is 10.9 Å². The van der Waals surface area contributed by atoms with Crippen molar-refractivity contribution in [3.05, 3.63) is 35.6 Å². The molecule has 1 aromatic carbocycles. The smallest absolute Gasteiger partial charge is 0.310 e. The number of carbonyl (C=O) groups excluding carboxylic acids is 1. The van der Waals surface area contributed by atoms with E-state index in [1.165, 1.54) is 12.1 Å². The van der Waals surface area contributed by atoms with Crippen LogP contribution < -0.4 is 5.32 Å². The fourth-order valence-corrected chi connectivity index (χ4v) is 3.15. The average molecular weight is 365 g/mol. The van der Waals surface area contributed by atoms with Crippen molar-refractivity contribution < 1.29 is 18.7 Å². The predicted octanol–water partition coefficient (Wildman–Crippen LogP) is 2.36. The van der Waals surface area contributed by atoms with Gasteiger partial charge in [0.25, 0.3) is 0 Å². The van der Waals surface area contributed by atoms with Crippen LogP contribution in [0.25, 0.3) is 0 Å². The van der Waals surface area contributed by atoms with Crippen molar-refractivity contribution >= 4 is 11.9 Å². The number of halogens is 1. The number of hydrogen-bond donors (Lipinski definition) is 1. The number of nitrogens with zero attached hydrogens (tertiary/aromatic N) is 2. The van der Waals surface area contributed by atoms with E-state index in [4.69, 9.17) is 9.47 Å². The molecule has 0 radical (unpaired) electrons. The van der Waals surface area contributed by atoms with Crippen LogP contribution in [0.3, 0.4) is 0 Å². The van der Waals surface area contributed by atoms with Gasteiger partial charge in [-0.05, 0) is 37.5 Å². The van der Waals surface area contributed by atoms with Gasteiger partial charge in [0.05, 0.1) is 18.6 Å². The second kappa shape index (κ2) is 10.1. The molecule has 7 heteroatoms. The Morgan fingerprint density at radius 3 is 2.77 bits per heavy atom. The van der Waals surface area contributed by atoms with Gasteiger partial charge in [-0.2, -0.15) is 0 Å². The van der Waals surface area contributed by atoms with Crippen molar-refractivity contribution in [2.45, 2.75) is 25.9 Å². The van der Waals surface area contributed by atoms with Crippen LogP contribution >= 0.6 is 0 Å². The van der Waals surface area contributed by atoms with Gasteiger partial charge in [0.2, 0.25) is 0 Å². The van der Waals surface area contributed by atoms with Gasteiger partial charge in [-0.1, -0.05) is 12.1 Å². The molecule has 144 valence electrons.